The number of anilines is 1. The number of amides is 3. The third-order valence-corrected chi connectivity index (χ3v) is 7.07. The highest BCUT2D eigenvalue weighted by atomic mass is 16.5. The molecular weight excluding hydrogens is 466 g/mol. The lowest BCUT2D eigenvalue weighted by atomic mass is 9.88. The Hall–Kier alpha value is -3.61. The van der Waals surface area contributed by atoms with Crippen LogP contribution in [0.15, 0.2) is 60.2 Å². The van der Waals surface area contributed by atoms with Crippen LogP contribution in [0.2, 0.25) is 0 Å². The molecule has 0 saturated heterocycles. The van der Waals surface area contributed by atoms with Gasteiger partial charge in [-0.2, -0.15) is 0 Å². The average Bonchev–Trinajstić information content (AvgIpc) is 2.93. The fourth-order valence-corrected chi connectivity index (χ4v) is 5.17. The number of carbonyl (C=O) groups is 3. The maximum absolute atomic E-state index is 13.4. The number of hydrogen-bond donors (Lipinski definition) is 2. The fraction of sp³-hybridized carbons (Fsp3) is 0.433. The Kier molecular flexibility index (Phi) is 8.99. The van der Waals surface area contributed by atoms with E-state index in [1.807, 2.05) is 54.6 Å². The summed E-state index contributed by atoms with van der Waals surface area (Å²) in [6, 6.07) is 15.9. The summed E-state index contributed by atoms with van der Waals surface area (Å²) in [4.78, 5) is 41.4. The lowest BCUT2D eigenvalue weighted by Crippen LogP contribution is -2.48. The number of rotatable bonds is 9. The highest BCUT2D eigenvalue weighted by molar-refractivity contribution is 6.04. The number of benzene rings is 2. The van der Waals surface area contributed by atoms with Crippen LogP contribution in [0.5, 0.6) is 0 Å². The zero-order valence-corrected chi connectivity index (χ0v) is 21.8. The molecule has 7 nitrogen and oxygen atoms in total. The monoisotopic (exact) mass is 503 g/mol. The molecule has 196 valence electrons. The summed E-state index contributed by atoms with van der Waals surface area (Å²) in [6.45, 7) is 4.54. The third kappa shape index (κ3) is 6.21. The van der Waals surface area contributed by atoms with Gasteiger partial charge >= 0.3 is 12.0 Å². The van der Waals surface area contributed by atoms with Crippen LogP contribution in [-0.2, 0) is 14.3 Å². The quantitative estimate of drug-likeness (QED) is 0.408. The van der Waals surface area contributed by atoms with Gasteiger partial charge in [0.15, 0.2) is 0 Å². The molecule has 0 radical (unpaired) electrons. The van der Waals surface area contributed by atoms with E-state index >= 15 is 0 Å². The van der Waals surface area contributed by atoms with E-state index < -0.39 is 12.0 Å². The Morgan fingerprint density at radius 1 is 1.03 bits per heavy atom. The van der Waals surface area contributed by atoms with Gasteiger partial charge in [0.25, 0.3) is 0 Å². The van der Waals surface area contributed by atoms with Crippen molar-refractivity contribution in [3.05, 3.63) is 71.3 Å². The minimum atomic E-state index is -0.717. The standard InChI is InChI=1S/C30H37N3O4/c1-3-5-19-33-27(21-13-8-6-9-14-21)25(29(35)37-4-2)26(32-30(33)36)23-17-12-18-24(20-23)31-28(34)22-15-10-7-11-16-22/h6,8-9,12-14,17-18,20,22,26H,3-5,7,10-11,15-16,19H2,1-2H3,(H,31,34)(H,32,36)/t26-/m1/s1. The van der Waals surface area contributed by atoms with E-state index in [4.69, 9.17) is 4.74 Å². The summed E-state index contributed by atoms with van der Waals surface area (Å²) in [5, 5.41) is 6.10. The normalized spacial score (nSPS) is 18.4. The zero-order chi connectivity index (χ0) is 26.2. The lowest BCUT2D eigenvalue weighted by molar-refractivity contribution is -0.139. The van der Waals surface area contributed by atoms with Crippen molar-refractivity contribution >= 4 is 29.3 Å². The van der Waals surface area contributed by atoms with Gasteiger partial charge in [-0.25, -0.2) is 9.59 Å². The van der Waals surface area contributed by atoms with Gasteiger partial charge in [0.1, 0.15) is 0 Å². The molecule has 1 fully saturated rings. The largest absolute Gasteiger partial charge is 0.463 e. The van der Waals surface area contributed by atoms with Crippen LogP contribution in [-0.4, -0.2) is 36.0 Å². The van der Waals surface area contributed by atoms with Crippen molar-refractivity contribution in [2.45, 2.75) is 64.8 Å². The van der Waals surface area contributed by atoms with Crippen LogP contribution < -0.4 is 10.6 Å². The molecule has 0 bridgehead atoms. The molecule has 2 aromatic rings. The molecule has 2 N–H and O–H groups in total. The van der Waals surface area contributed by atoms with Crippen LogP contribution in [0.1, 0.15) is 76.0 Å². The number of ether oxygens (including phenoxy) is 1. The van der Waals surface area contributed by atoms with E-state index in [0.29, 0.717) is 29.1 Å². The second-order valence-corrected chi connectivity index (χ2v) is 9.69. The van der Waals surface area contributed by atoms with Crippen molar-refractivity contribution in [3.63, 3.8) is 0 Å². The number of unbranched alkanes of at least 4 members (excludes halogenated alkanes) is 1. The first kappa shape index (κ1) is 26.5. The molecule has 0 aromatic heterocycles. The Morgan fingerprint density at radius 2 is 1.78 bits per heavy atom. The summed E-state index contributed by atoms with van der Waals surface area (Å²) in [6.07, 6.45) is 6.87. The summed E-state index contributed by atoms with van der Waals surface area (Å²) >= 11 is 0. The highest BCUT2D eigenvalue weighted by Gasteiger charge is 2.38. The SMILES string of the molecule is CCCCN1C(=O)N[C@H](c2cccc(NC(=O)C3CCCCC3)c2)C(C(=O)OCC)=C1c1ccccc1. The first-order valence-corrected chi connectivity index (χ1v) is 13.5. The molecule has 3 amide bonds. The molecular formula is C30H37N3O4. The predicted octanol–water partition coefficient (Wildman–Crippen LogP) is 6.05. The summed E-state index contributed by atoms with van der Waals surface area (Å²) in [5.74, 6) is -0.413. The second-order valence-electron chi connectivity index (χ2n) is 9.69. The number of nitrogens with one attached hydrogen (secondary N) is 2. The van der Waals surface area contributed by atoms with Gasteiger partial charge in [-0.1, -0.05) is 75.1 Å². The van der Waals surface area contributed by atoms with E-state index in [9.17, 15) is 14.4 Å². The van der Waals surface area contributed by atoms with Gasteiger partial charge in [0, 0.05) is 18.2 Å². The van der Waals surface area contributed by atoms with Crippen LogP contribution >= 0.6 is 0 Å². The molecule has 37 heavy (non-hydrogen) atoms. The predicted molar refractivity (Wildman–Crippen MR) is 145 cm³/mol. The minimum absolute atomic E-state index is 0.0265. The van der Waals surface area contributed by atoms with Crippen molar-refractivity contribution in [2.24, 2.45) is 5.92 Å². The molecule has 1 aliphatic heterocycles. The van der Waals surface area contributed by atoms with Gasteiger partial charge in [0.2, 0.25) is 5.91 Å². The van der Waals surface area contributed by atoms with Crippen LogP contribution in [0.3, 0.4) is 0 Å². The molecule has 2 aromatic carbocycles. The smallest absolute Gasteiger partial charge is 0.338 e. The summed E-state index contributed by atoms with van der Waals surface area (Å²) in [5.41, 5.74) is 3.10. The number of nitrogens with zero attached hydrogens (tertiary/aromatic N) is 1. The molecule has 4 rings (SSSR count). The number of urea groups is 1. The van der Waals surface area contributed by atoms with Gasteiger partial charge in [-0.15, -0.1) is 0 Å². The lowest BCUT2D eigenvalue weighted by Gasteiger charge is -2.37. The summed E-state index contributed by atoms with van der Waals surface area (Å²) in [7, 11) is 0. The Labute approximate surface area is 219 Å². The number of hydrogen-bond acceptors (Lipinski definition) is 4. The topological polar surface area (TPSA) is 87.7 Å². The average molecular weight is 504 g/mol. The van der Waals surface area contributed by atoms with E-state index in [1.54, 1.807) is 11.8 Å². The van der Waals surface area contributed by atoms with Crippen molar-refractivity contribution in [1.29, 1.82) is 0 Å². The Balaban J connectivity index is 1.75. The second kappa shape index (κ2) is 12.6. The zero-order valence-electron chi connectivity index (χ0n) is 21.8. The van der Waals surface area contributed by atoms with Crippen LogP contribution in [0.25, 0.3) is 5.70 Å². The third-order valence-electron chi connectivity index (χ3n) is 7.07. The molecule has 0 unspecified atom stereocenters. The van der Waals surface area contributed by atoms with Gasteiger partial charge in [0.05, 0.1) is 23.9 Å². The van der Waals surface area contributed by atoms with E-state index in [1.165, 1.54) is 6.42 Å². The maximum atomic E-state index is 13.4. The molecule has 1 atom stereocenters. The van der Waals surface area contributed by atoms with Crippen LogP contribution in [0.4, 0.5) is 10.5 Å². The highest BCUT2D eigenvalue weighted by Crippen LogP contribution is 2.37. The van der Waals surface area contributed by atoms with Crippen molar-refractivity contribution < 1.29 is 19.1 Å². The molecule has 1 aliphatic carbocycles. The molecule has 7 heteroatoms. The summed E-state index contributed by atoms with van der Waals surface area (Å²) < 4.78 is 5.50. The molecule has 0 spiro atoms. The minimum Gasteiger partial charge on any atom is -0.463 e. The number of esters is 1. The molecule has 1 saturated carbocycles. The van der Waals surface area contributed by atoms with E-state index in [0.717, 1.165) is 44.1 Å². The fourth-order valence-electron chi connectivity index (χ4n) is 5.17. The van der Waals surface area contributed by atoms with E-state index in [2.05, 4.69) is 17.6 Å². The van der Waals surface area contributed by atoms with Gasteiger partial charge in [-0.3, -0.25) is 9.69 Å². The number of carbonyl (C=O) groups excluding carboxylic acids is 3. The van der Waals surface area contributed by atoms with Crippen molar-refractivity contribution in [3.8, 4) is 0 Å². The molecule has 2 aliphatic rings. The Bertz CT molecular complexity index is 1140. The Morgan fingerprint density at radius 3 is 2.49 bits per heavy atom. The first-order valence-electron chi connectivity index (χ1n) is 13.5. The van der Waals surface area contributed by atoms with Crippen LogP contribution in [0, 0.1) is 5.92 Å². The van der Waals surface area contributed by atoms with Gasteiger partial charge < -0.3 is 15.4 Å². The van der Waals surface area contributed by atoms with E-state index in [-0.39, 0.29) is 24.5 Å². The first-order chi connectivity index (χ1) is 18.0. The maximum Gasteiger partial charge on any atom is 0.338 e. The molecule has 1 heterocycles. The van der Waals surface area contributed by atoms with Gasteiger partial charge in [-0.05, 0) is 49.4 Å². The van der Waals surface area contributed by atoms with Crippen molar-refractivity contribution in [2.75, 3.05) is 18.5 Å². The van der Waals surface area contributed by atoms with Crippen molar-refractivity contribution in [1.82, 2.24) is 10.2 Å².